The summed E-state index contributed by atoms with van der Waals surface area (Å²) in [4.78, 5) is 20.2. The number of rotatable bonds is 4. The van der Waals surface area contributed by atoms with Crippen LogP contribution in [0, 0.1) is 17.3 Å². The Labute approximate surface area is 147 Å². The molecule has 3 saturated carbocycles. The minimum atomic E-state index is 0.248. The molecule has 3 aliphatic carbocycles. The Morgan fingerprint density at radius 1 is 0.958 bits per heavy atom. The van der Waals surface area contributed by atoms with Crippen molar-refractivity contribution in [3.63, 3.8) is 0 Å². The molecule has 2 bridgehead atoms. The van der Waals surface area contributed by atoms with Crippen molar-refractivity contribution in [2.45, 2.75) is 65.0 Å². The molecular formula is C20H35N3O. The van der Waals surface area contributed by atoms with Gasteiger partial charge in [0.1, 0.15) is 0 Å². The Morgan fingerprint density at radius 3 is 2.08 bits per heavy atom. The minimum absolute atomic E-state index is 0.248. The molecule has 0 spiro atoms. The van der Waals surface area contributed by atoms with Crippen LogP contribution >= 0.6 is 0 Å². The topological polar surface area (TPSA) is 26.8 Å². The predicted molar refractivity (Wildman–Crippen MR) is 96.8 cm³/mol. The second kappa shape index (κ2) is 5.70. The molecule has 1 atom stereocenters. The average molecular weight is 334 g/mol. The van der Waals surface area contributed by atoms with Crippen LogP contribution in [-0.4, -0.2) is 71.5 Å². The molecule has 4 nitrogen and oxygen atoms in total. The van der Waals surface area contributed by atoms with E-state index in [1.807, 2.05) is 0 Å². The van der Waals surface area contributed by atoms with Crippen LogP contribution in [-0.2, 0) is 4.79 Å². The van der Waals surface area contributed by atoms with Crippen molar-refractivity contribution >= 4 is 5.91 Å². The van der Waals surface area contributed by atoms with E-state index in [2.05, 4.69) is 42.4 Å². The lowest BCUT2D eigenvalue weighted by molar-refractivity contribution is -0.246. The Morgan fingerprint density at radius 2 is 1.58 bits per heavy atom. The van der Waals surface area contributed by atoms with Crippen LogP contribution in [0.25, 0.3) is 0 Å². The number of carbonyl (C=O) groups excluding carboxylic acids is 1. The van der Waals surface area contributed by atoms with E-state index in [-0.39, 0.29) is 5.92 Å². The van der Waals surface area contributed by atoms with Gasteiger partial charge in [-0.3, -0.25) is 9.69 Å². The first-order chi connectivity index (χ1) is 11.4. The van der Waals surface area contributed by atoms with Crippen LogP contribution < -0.4 is 0 Å². The summed E-state index contributed by atoms with van der Waals surface area (Å²) in [6, 6.07) is 0.567. The molecule has 2 saturated heterocycles. The van der Waals surface area contributed by atoms with Gasteiger partial charge in [-0.2, -0.15) is 0 Å². The van der Waals surface area contributed by atoms with Gasteiger partial charge in [0, 0.05) is 44.3 Å². The lowest BCUT2D eigenvalue weighted by Crippen LogP contribution is -2.77. The highest BCUT2D eigenvalue weighted by Gasteiger charge is 2.70. The van der Waals surface area contributed by atoms with Gasteiger partial charge in [0.15, 0.2) is 0 Å². The highest BCUT2D eigenvalue weighted by Crippen LogP contribution is 2.72. The van der Waals surface area contributed by atoms with Gasteiger partial charge in [-0.25, -0.2) is 0 Å². The van der Waals surface area contributed by atoms with E-state index in [4.69, 9.17) is 0 Å². The molecule has 5 fully saturated rings. The molecule has 136 valence electrons. The van der Waals surface area contributed by atoms with Gasteiger partial charge in [-0.1, -0.05) is 13.8 Å². The van der Waals surface area contributed by atoms with Crippen molar-refractivity contribution in [1.82, 2.24) is 14.7 Å². The van der Waals surface area contributed by atoms with Gasteiger partial charge in [-0.15, -0.1) is 0 Å². The molecule has 4 heteroatoms. The number of nitrogens with zero attached hydrogens (tertiary/aromatic N) is 3. The van der Waals surface area contributed by atoms with E-state index in [1.165, 1.54) is 19.3 Å². The van der Waals surface area contributed by atoms with Gasteiger partial charge in [0.25, 0.3) is 0 Å². The van der Waals surface area contributed by atoms with Crippen LogP contribution in [0.1, 0.15) is 53.4 Å². The summed E-state index contributed by atoms with van der Waals surface area (Å²) in [6.07, 6.45) is 5.30. The third-order valence-corrected chi connectivity index (χ3v) is 7.83. The van der Waals surface area contributed by atoms with Crippen molar-refractivity contribution in [2.75, 3.05) is 39.3 Å². The third kappa shape index (κ3) is 2.44. The minimum Gasteiger partial charge on any atom is -0.340 e. The normalized spacial score (nSPS) is 40.1. The Hall–Kier alpha value is -0.610. The molecule has 5 rings (SSSR count). The SMILES string of the molecule is CC(C)N1CC[C@@H](C(=O)N2CCN(C34CC(C(C)C)(C3)C4)CC2)C1. The molecule has 5 aliphatic rings. The molecule has 2 heterocycles. The van der Waals surface area contributed by atoms with Crippen molar-refractivity contribution in [3.8, 4) is 0 Å². The van der Waals surface area contributed by atoms with Crippen molar-refractivity contribution in [3.05, 3.63) is 0 Å². The van der Waals surface area contributed by atoms with Crippen LogP contribution in [0.3, 0.4) is 0 Å². The number of likely N-dealkylation sites (tertiary alicyclic amines) is 1. The van der Waals surface area contributed by atoms with Gasteiger partial charge < -0.3 is 9.80 Å². The van der Waals surface area contributed by atoms with Crippen LogP contribution in [0.2, 0.25) is 0 Å². The van der Waals surface area contributed by atoms with E-state index >= 15 is 0 Å². The van der Waals surface area contributed by atoms with Gasteiger partial charge >= 0.3 is 0 Å². The van der Waals surface area contributed by atoms with Crippen molar-refractivity contribution in [1.29, 1.82) is 0 Å². The van der Waals surface area contributed by atoms with E-state index in [1.54, 1.807) is 0 Å². The number of carbonyl (C=O) groups is 1. The fourth-order valence-electron chi connectivity index (χ4n) is 5.88. The molecule has 0 N–H and O–H groups in total. The zero-order valence-corrected chi connectivity index (χ0v) is 16.1. The summed E-state index contributed by atoms with van der Waals surface area (Å²) in [7, 11) is 0. The lowest BCUT2D eigenvalue weighted by Gasteiger charge is -2.76. The molecule has 0 aromatic heterocycles. The maximum atomic E-state index is 12.8. The Bertz CT molecular complexity index is 487. The second-order valence-electron chi connectivity index (χ2n) is 9.66. The smallest absolute Gasteiger partial charge is 0.227 e. The zero-order valence-electron chi connectivity index (χ0n) is 16.1. The number of hydrogen-bond donors (Lipinski definition) is 0. The lowest BCUT2D eigenvalue weighted by atomic mass is 9.35. The second-order valence-corrected chi connectivity index (χ2v) is 9.66. The Balaban J connectivity index is 1.26. The van der Waals surface area contributed by atoms with E-state index < -0.39 is 0 Å². The first-order valence-corrected chi connectivity index (χ1v) is 10.1. The largest absolute Gasteiger partial charge is 0.340 e. The van der Waals surface area contributed by atoms with Crippen molar-refractivity contribution in [2.24, 2.45) is 17.3 Å². The summed E-state index contributed by atoms with van der Waals surface area (Å²) in [5.74, 6) is 1.51. The fourth-order valence-corrected chi connectivity index (χ4v) is 5.88. The van der Waals surface area contributed by atoms with E-state index in [0.717, 1.165) is 51.6 Å². The van der Waals surface area contributed by atoms with Crippen molar-refractivity contribution < 1.29 is 4.79 Å². The summed E-state index contributed by atoms with van der Waals surface area (Å²) >= 11 is 0. The van der Waals surface area contributed by atoms with E-state index in [9.17, 15) is 4.79 Å². The molecule has 2 aliphatic heterocycles. The quantitative estimate of drug-likeness (QED) is 0.791. The monoisotopic (exact) mass is 333 g/mol. The zero-order chi connectivity index (χ0) is 17.1. The number of hydrogen-bond acceptors (Lipinski definition) is 3. The first-order valence-electron chi connectivity index (χ1n) is 10.1. The summed E-state index contributed by atoms with van der Waals surface area (Å²) in [5.41, 5.74) is 1.21. The van der Waals surface area contributed by atoms with Crippen LogP contribution in [0.5, 0.6) is 0 Å². The maximum absolute atomic E-state index is 12.8. The maximum Gasteiger partial charge on any atom is 0.227 e. The van der Waals surface area contributed by atoms with E-state index in [0.29, 0.717) is 22.9 Å². The highest BCUT2D eigenvalue weighted by atomic mass is 16.2. The fraction of sp³-hybridized carbons (Fsp3) is 0.950. The molecule has 0 radical (unpaired) electrons. The number of piperazine rings is 1. The predicted octanol–water partition coefficient (Wildman–Crippen LogP) is 2.44. The third-order valence-electron chi connectivity index (χ3n) is 7.83. The Kier molecular flexibility index (Phi) is 4.00. The molecule has 0 aromatic rings. The molecule has 1 amide bonds. The molecule has 0 aromatic carbocycles. The van der Waals surface area contributed by atoms with Crippen LogP contribution in [0.15, 0.2) is 0 Å². The summed E-state index contributed by atoms with van der Waals surface area (Å²) < 4.78 is 0. The number of amides is 1. The summed E-state index contributed by atoms with van der Waals surface area (Å²) in [5, 5.41) is 0. The molecular weight excluding hydrogens is 298 g/mol. The van der Waals surface area contributed by atoms with Gasteiger partial charge in [-0.05, 0) is 57.4 Å². The van der Waals surface area contributed by atoms with Gasteiger partial charge in [0.05, 0.1) is 5.92 Å². The first kappa shape index (κ1) is 16.8. The average Bonchev–Trinajstić information content (AvgIpc) is 2.94. The highest BCUT2D eigenvalue weighted by molar-refractivity contribution is 5.79. The summed E-state index contributed by atoms with van der Waals surface area (Å²) in [6.45, 7) is 15.4. The van der Waals surface area contributed by atoms with Crippen LogP contribution in [0.4, 0.5) is 0 Å². The molecule has 24 heavy (non-hydrogen) atoms. The van der Waals surface area contributed by atoms with Gasteiger partial charge in [0.2, 0.25) is 5.91 Å². The standard InChI is InChI=1S/C20H35N3O/c1-15(2)19-12-20(13-19,14-19)23-9-7-21(8-10-23)18(24)17-5-6-22(11-17)16(3)4/h15-17H,5-14H2,1-4H3/t17-,19?,20?/m1/s1. The molecule has 0 unspecified atom stereocenters.